The number of nitrogens with one attached hydrogen (secondary N) is 1. The van der Waals surface area contributed by atoms with E-state index in [2.05, 4.69) is 34.3 Å². The summed E-state index contributed by atoms with van der Waals surface area (Å²) in [5, 5.41) is 7.82. The van der Waals surface area contributed by atoms with Crippen LogP contribution >= 0.6 is 0 Å². The zero-order valence-electron chi connectivity index (χ0n) is 10.7. The van der Waals surface area contributed by atoms with Gasteiger partial charge in [0.25, 0.3) is 0 Å². The standard InChI is InChI=1S/C13H23N3O/c1-2-14-8-10-17-11-12-7-9-16(15-12)13-5-3-4-6-13/h7,9,13-14H,2-6,8,10-11H2,1H3. The van der Waals surface area contributed by atoms with Crippen molar-refractivity contribution >= 4 is 0 Å². The summed E-state index contributed by atoms with van der Waals surface area (Å²) in [7, 11) is 0. The van der Waals surface area contributed by atoms with Gasteiger partial charge in [-0.1, -0.05) is 19.8 Å². The minimum atomic E-state index is 0.630. The number of hydrogen-bond donors (Lipinski definition) is 1. The molecule has 1 aliphatic carbocycles. The maximum absolute atomic E-state index is 5.56. The second-order valence-electron chi connectivity index (χ2n) is 4.63. The normalized spacial score (nSPS) is 16.8. The monoisotopic (exact) mass is 237 g/mol. The SMILES string of the molecule is CCNCCOCc1ccn(C2CCCC2)n1. The number of likely N-dealkylation sites (N-methyl/N-ethyl adjacent to an activating group) is 1. The van der Waals surface area contributed by atoms with Gasteiger partial charge in [-0.15, -0.1) is 0 Å². The van der Waals surface area contributed by atoms with Gasteiger partial charge in [0.1, 0.15) is 0 Å². The second-order valence-corrected chi connectivity index (χ2v) is 4.63. The van der Waals surface area contributed by atoms with Gasteiger partial charge in [0, 0.05) is 12.7 Å². The predicted octanol–water partition coefficient (Wildman–Crippen LogP) is 2.12. The van der Waals surface area contributed by atoms with Crippen molar-refractivity contribution in [1.29, 1.82) is 0 Å². The molecule has 1 heterocycles. The van der Waals surface area contributed by atoms with Crippen molar-refractivity contribution in [2.75, 3.05) is 19.7 Å². The summed E-state index contributed by atoms with van der Waals surface area (Å²) in [5.41, 5.74) is 1.05. The Kier molecular flexibility index (Phi) is 5.01. The van der Waals surface area contributed by atoms with Crippen LogP contribution in [0.25, 0.3) is 0 Å². The summed E-state index contributed by atoms with van der Waals surface area (Å²) >= 11 is 0. The lowest BCUT2D eigenvalue weighted by Gasteiger charge is -2.08. The van der Waals surface area contributed by atoms with Crippen LogP contribution in [0.2, 0.25) is 0 Å². The average Bonchev–Trinajstić information content (AvgIpc) is 2.99. The molecule has 1 aliphatic rings. The first-order chi connectivity index (χ1) is 8.40. The zero-order chi connectivity index (χ0) is 11.9. The van der Waals surface area contributed by atoms with Crippen molar-refractivity contribution in [3.05, 3.63) is 18.0 Å². The fraction of sp³-hybridized carbons (Fsp3) is 0.769. The molecule has 0 unspecified atom stereocenters. The first kappa shape index (κ1) is 12.6. The molecule has 1 fully saturated rings. The molecule has 0 atom stereocenters. The summed E-state index contributed by atoms with van der Waals surface area (Å²) < 4.78 is 7.68. The Hall–Kier alpha value is -0.870. The summed E-state index contributed by atoms with van der Waals surface area (Å²) in [4.78, 5) is 0. The van der Waals surface area contributed by atoms with E-state index in [4.69, 9.17) is 4.74 Å². The lowest BCUT2D eigenvalue weighted by Crippen LogP contribution is -2.18. The minimum Gasteiger partial charge on any atom is -0.374 e. The Balaban J connectivity index is 1.70. The third-order valence-corrected chi connectivity index (χ3v) is 3.29. The van der Waals surface area contributed by atoms with E-state index in [-0.39, 0.29) is 0 Å². The molecule has 0 aliphatic heterocycles. The van der Waals surface area contributed by atoms with E-state index in [9.17, 15) is 0 Å². The van der Waals surface area contributed by atoms with Gasteiger partial charge in [-0.05, 0) is 25.5 Å². The molecule has 0 radical (unpaired) electrons. The van der Waals surface area contributed by atoms with Gasteiger partial charge in [0.15, 0.2) is 0 Å². The first-order valence-corrected chi connectivity index (χ1v) is 6.72. The maximum atomic E-state index is 5.56. The van der Waals surface area contributed by atoms with E-state index in [1.165, 1.54) is 25.7 Å². The van der Waals surface area contributed by atoms with Crippen LogP contribution in [0.1, 0.15) is 44.3 Å². The Bertz CT molecular complexity index is 318. The Morgan fingerprint density at radius 2 is 2.29 bits per heavy atom. The van der Waals surface area contributed by atoms with Crippen LogP contribution in [0.5, 0.6) is 0 Å². The molecule has 0 saturated heterocycles. The van der Waals surface area contributed by atoms with Crippen LogP contribution < -0.4 is 5.32 Å². The van der Waals surface area contributed by atoms with E-state index in [1.807, 2.05) is 0 Å². The van der Waals surface area contributed by atoms with Crippen molar-refractivity contribution in [2.24, 2.45) is 0 Å². The van der Waals surface area contributed by atoms with Crippen LogP contribution in [0.3, 0.4) is 0 Å². The molecule has 0 bridgehead atoms. The Labute approximate surface area is 103 Å². The van der Waals surface area contributed by atoms with Crippen molar-refractivity contribution < 1.29 is 4.74 Å². The fourth-order valence-electron chi connectivity index (χ4n) is 2.32. The largest absolute Gasteiger partial charge is 0.374 e. The zero-order valence-corrected chi connectivity index (χ0v) is 10.7. The highest BCUT2D eigenvalue weighted by Gasteiger charge is 2.17. The van der Waals surface area contributed by atoms with Gasteiger partial charge >= 0.3 is 0 Å². The summed E-state index contributed by atoms with van der Waals surface area (Å²) in [6, 6.07) is 2.71. The second kappa shape index (κ2) is 6.77. The number of ether oxygens (including phenoxy) is 1. The molecule has 0 aromatic carbocycles. The summed E-state index contributed by atoms with van der Waals surface area (Å²) in [5.74, 6) is 0. The number of aromatic nitrogens is 2. The van der Waals surface area contributed by atoms with E-state index in [1.54, 1.807) is 0 Å². The van der Waals surface area contributed by atoms with E-state index in [0.29, 0.717) is 12.6 Å². The minimum absolute atomic E-state index is 0.630. The molecule has 4 heteroatoms. The molecule has 4 nitrogen and oxygen atoms in total. The smallest absolute Gasteiger partial charge is 0.0907 e. The predicted molar refractivity (Wildman–Crippen MR) is 67.9 cm³/mol. The van der Waals surface area contributed by atoms with Crippen LogP contribution in [-0.4, -0.2) is 29.5 Å². The highest BCUT2D eigenvalue weighted by atomic mass is 16.5. The summed E-state index contributed by atoms with van der Waals surface area (Å²) in [6.07, 6.45) is 7.35. The van der Waals surface area contributed by atoms with Crippen molar-refractivity contribution in [3.63, 3.8) is 0 Å². The van der Waals surface area contributed by atoms with Gasteiger partial charge in [0.05, 0.1) is 24.9 Å². The first-order valence-electron chi connectivity index (χ1n) is 6.72. The third kappa shape index (κ3) is 3.82. The quantitative estimate of drug-likeness (QED) is 0.738. The molecule has 0 amide bonds. The molecule has 1 aromatic rings. The van der Waals surface area contributed by atoms with Gasteiger partial charge in [-0.3, -0.25) is 4.68 Å². The highest BCUT2D eigenvalue weighted by Crippen LogP contribution is 2.28. The van der Waals surface area contributed by atoms with E-state index in [0.717, 1.165) is 25.4 Å². The van der Waals surface area contributed by atoms with Gasteiger partial charge in [-0.2, -0.15) is 5.10 Å². The molecule has 1 saturated carbocycles. The van der Waals surface area contributed by atoms with E-state index < -0.39 is 0 Å². The summed E-state index contributed by atoms with van der Waals surface area (Å²) in [6.45, 7) is 5.40. The molecule has 1 aromatic heterocycles. The topological polar surface area (TPSA) is 39.1 Å². The van der Waals surface area contributed by atoms with Crippen molar-refractivity contribution in [1.82, 2.24) is 15.1 Å². The molecular formula is C13H23N3O. The molecule has 0 spiro atoms. The number of rotatable bonds is 7. The number of nitrogens with zero attached hydrogens (tertiary/aromatic N) is 2. The Morgan fingerprint density at radius 3 is 3.06 bits per heavy atom. The van der Waals surface area contributed by atoms with Crippen LogP contribution in [0, 0.1) is 0 Å². The average molecular weight is 237 g/mol. The van der Waals surface area contributed by atoms with Crippen molar-refractivity contribution in [3.8, 4) is 0 Å². The van der Waals surface area contributed by atoms with Gasteiger partial charge in [0.2, 0.25) is 0 Å². The highest BCUT2D eigenvalue weighted by molar-refractivity contribution is 4.98. The van der Waals surface area contributed by atoms with Gasteiger partial charge < -0.3 is 10.1 Å². The lowest BCUT2D eigenvalue weighted by atomic mass is 10.3. The van der Waals surface area contributed by atoms with Crippen LogP contribution in [0.4, 0.5) is 0 Å². The van der Waals surface area contributed by atoms with Crippen LogP contribution in [0.15, 0.2) is 12.3 Å². The number of hydrogen-bond acceptors (Lipinski definition) is 3. The van der Waals surface area contributed by atoms with Crippen LogP contribution in [-0.2, 0) is 11.3 Å². The molecule has 2 rings (SSSR count). The molecule has 17 heavy (non-hydrogen) atoms. The van der Waals surface area contributed by atoms with E-state index >= 15 is 0 Å². The molecule has 96 valence electrons. The van der Waals surface area contributed by atoms with Crippen molar-refractivity contribution in [2.45, 2.75) is 45.3 Å². The Morgan fingerprint density at radius 1 is 1.47 bits per heavy atom. The molecule has 1 N–H and O–H groups in total. The molecular weight excluding hydrogens is 214 g/mol. The van der Waals surface area contributed by atoms with Gasteiger partial charge in [-0.25, -0.2) is 0 Å². The maximum Gasteiger partial charge on any atom is 0.0907 e. The fourth-order valence-corrected chi connectivity index (χ4v) is 2.32. The third-order valence-electron chi connectivity index (χ3n) is 3.29. The lowest BCUT2D eigenvalue weighted by molar-refractivity contribution is 0.120.